The van der Waals surface area contributed by atoms with Crippen LogP contribution in [0.5, 0.6) is 5.75 Å². The molecule has 1 aliphatic heterocycles. The quantitative estimate of drug-likeness (QED) is 0.427. The molecule has 0 radical (unpaired) electrons. The molecule has 2 heterocycles. The molecule has 2 atom stereocenters. The van der Waals surface area contributed by atoms with Crippen molar-refractivity contribution in [3.63, 3.8) is 0 Å². The summed E-state index contributed by atoms with van der Waals surface area (Å²) in [6.07, 6.45) is 6.63. The Morgan fingerprint density at radius 3 is 2.42 bits per heavy atom. The Balaban J connectivity index is 0.00000304. The SMILES string of the molecule is COc1ccc(NC(=O)c2nc(N[C@H]3CCCC[C@H]3NC3=NCCC3)c3cc(C)ccc3n2)cc1.Cl. The zero-order valence-electron chi connectivity index (χ0n) is 20.7. The number of amides is 1. The Hall–Kier alpha value is -3.39. The fourth-order valence-corrected chi connectivity index (χ4v) is 4.84. The molecule has 0 spiro atoms. The molecule has 0 unspecified atom stereocenters. The molecule has 5 rings (SSSR count). The minimum atomic E-state index is -0.348. The van der Waals surface area contributed by atoms with Crippen molar-refractivity contribution in [3.8, 4) is 5.75 Å². The second-order valence-corrected chi connectivity index (χ2v) is 9.32. The number of ether oxygens (including phenoxy) is 1. The van der Waals surface area contributed by atoms with Crippen molar-refractivity contribution < 1.29 is 9.53 Å². The van der Waals surface area contributed by atoms with Gasteiger partial charge < -0.3 is 20.7 Å². The number of halogens is 1. The van der Waals surface area contributed by atoms with Crippen molar-refractivity contribution in [1.82, 2.24) is 15.3 Å². The molecule has 36 heavy (non-hydrogen) atoms. The minimum Gasteiger partial charge on any atom is -0.497 e. The highest BCUT2D eigenvalue weighted by atomic mass is 35.5. The molecule has 190 valence electrons. The molecule has 1 saturated carbocycles. The van der Waals surface area contributed by atoms with Gasteiger partial charge in [-0.2, -0.15) is 0 Å². The van der Waals surface area contributed by atoms with E-state index < -0.39 is 0 Å². The predicted octanol–water partition coefficient (Wildman–Crippen LogP) is 5.13. The highest BCUT2D eigenvalue weighted by Crippen LogP contribution is 2.27. The Labute approximate surface area is 217 Å². The van der Waals surface area contributed by atoms with Crippen LogP contribution in [0.4, 0.5) is 11.5 Å². The van der Waals surface area contributed by atoms with Gasteiger partial charge in [-0.3, -0.25) is 9.79 Å². The number of nitrogens with one attached hydrogen (secondary N) is 3. The second-order valence-electron chi connectivity index (χ2n) is 9.32. The highest BCUT2D eigenvalue weighted by molar-refractivity contribution is 6.04. The number of hydrogen-bond acceptors (Lipinski definition) is 7. The van der Waals surface area contributed by atoms with Crippen LogP contribution in [0.15, 0.2) is 47.5 Å². The van der Waals surface area contributed by atoms with Gasteiger partial charge in [0.25, 0.3) is 5.91 Å². The lowest BCUT2D eigenvalue weighted by atomic mass is 9.90. The van der Waals surface area contributed by atoms with Crippen molar-refractivity contribution in [2.45, 2.75) is 57.5 Å². The standard InChI is InChI=1S/C27H32N6O2.ClH/c1-17-9-14-21-20(16-17)25(32-23-7-4-3-6-22(23)30-24-8-5-15-28-24)33-26(31-21)27(34)29-18-10-12-19(35-2)13-11-18;/h9-14,16,22-23H,3-8,15H2,1-2H3,(H,28,30)(H,29,34)(H,31,32,33);1H/t22-,23+;/m1./s1. The van der Waals surface area contributed by atoms with E-state index in [9.17, 15) is 4.79 Å². The van der Waals surface area contributed by atoms with Crippen molar-refractivity contribution >= 4 is 46.6 Å². The Morgan fingerprint density at radius 1 is 0.972 bits per heavy atom. The van der Waals surface area contributed by atoms with Crippen molar-refractivity contribution in [2.24, 2.45) is 4.99 Å². The summed E-state index contributed by atoms with van der Waals surface area (Å²) in [5.74, 6) is 2.34. The molecule has 1 amide bonds. The lowest BCUT2D eigenvalue weighted by Crippen LogP contribution is -2.48. The Morgan fingerprint density at radius 2 is 1.72 bits per heavy atom. The van der Waals surface area contributed by atoms with Crippen LogP contribution >= 0.6 is 12.4 Å². The summed E-state index contributed by atoms with van der Waals surface area (Å²) in [7, 11) is 1.61. The van der Waals surface area contributed by atoms with Gasteiger partial charge in [-0.05, 0) is 62.6 Å². The number of nitrogens with zero attached hydrogens (tertiary/aromatic N) is 3. The van der Waals surface area contributed by atoms with Crippen LogP contribution in [0.25, 0.3) is 10.9 Å². The van der Waals surface area contributed by atoms with Crippen LogP contribution in [0.1, 0.15) is 54.7 Å². The molecule has 8 nitrogen and oxygen atoms in total. The zero-order chi connectivity index (χ0) is 24.2. The number of fused-ring (bicyclic) bond motifs is 1. The van der Waals surface area contributed by atoms with Gasteiger partial charge in [-0.1, -0.05) is 24.5 Å². The summed E-state index contributed by atoms with van der Waals surface area (Å²) < 4.78 is 5.20. The van der Waals surface area contributed by atoms with Gasteiger partial charge >= 0.3 is 0 Å². The maximum atomic E-state index is 13.1. The third-order valence-corrected chi connectivity index (χ3v) is 6.72. The molecular weight excluding hydrogens is 476 g/mol. The number of methoxy groups -OCH3 is 1. The van der Waals surface area contributed by atoms with E-state index in [0.29, 0.717) is 11.5 Å². The molecule has 2 aliphatic rings. The molecule has 0 bridgehead atoms. The first-order valence-electron chi connectivity index (χ1n) is 12.4. The number of hydrogen-bond donors (Lipinski definition) is 3. The molecule has 3 N–H and O–H groups in total. The van der Waals surface area contributed by atoms with E-state index >= 15 is 0 Å². The van der Waals surface area contributed by atoms with E-state index in [2.05, 4.69) is 38.9 Å². The lowest BCUT2D eigenvalue weighted by molar-refractivity contribution is 0.101. The van der Waals surface area contributed by atoms with Crippen molar-refractivity contribution in [1.29, 1.82) is 0 Å². The van der Waals surface area contributed by atoms with Crippen LogP contribution in [-0.2, 0) is 0 Å². The van der Waals surface area contributed by atoms with Gasteiger partial charge in [0.1, 0.15) is 11.6 Å². The summed E-state index contributed by atoms with van der Waals surface area (Å²) in [6.45, 7) is 2.96. The summed E-state index contributed by atoms with van der Waals surface area (Å²) >= 11 is 0. The topological polar surface area (TPSA) is 101 Å². The van der Waals surface area contributed by atoms with E-state index in [4.69, 9.17) is 9.72 Å². The van der Waals surface area contributed by atoms with Crippen LogP contribution in [0.3, 0.4) is 0 Å². The van der Waals surface area contributed by atoms with Crippen LogP contribution in [0, 0.1) is 6.92 Å². The van der Waals surface area contributed by atoms with Crippen LogP contribution in [0.2, 0.25) is 0 Å². The van der Waals surface area contributed by atoms with Gasteiger partial charge in [0.15, 0.2) is 0 Å². The fraction of sp³-hybridized carbons (Fsp3) is 0.407. The first kappa shape index (κ1) is 25.7. The molecule has 1 aromatic heterocycles. The second kappa shape index (κ2) is 11.6. The van der Waals surface area contributed by atoms with Gasteiger partial charge in [0.2, 0.25) is 5.82 Å². The lowest BCUT2D eigenvalue weighted by Gasteiger charge is -2.34. The van der Waals surface area contributed by atoms with E-state index in [1.165, 1.54) is 6.42 Å². The largest absolute Gasteiger partial charge is 0.497 e. The summed E-state index contributed by atoms with van der Waals surface area (Å²) in [4.78, 5) is 27.0. The van der Waals surface area contributed by atoms with Crippen molar-refractivity contribution in [2.75, 3.05) is 24.3 Å². The first-order valence-corrected chi connectivity index (χ1v) is 12.4. The minimum absolute atomic E-state index is 0. The van der Waals surface area contributed by atoms with Crippen molar-refractivity contribution in [3.05, 3.63) is 53.9 Å². The summed E-state index contributed by atoms with van der Waals surface area (Å²) in [5, 5.41) is 11.2. The molecular formula is C27H33ClN6O2. The fourth-order valence-electron chi connectivity index (χ4n) is 4.84. The van der Waals surface area contributed by atoms with E-state index in [1.54, 1.807) is 31.4 Å². The molecule has 1 fully saturated rings. The third-order valence-electron chi connectivity index (χ3n) is 6.72. The average molecular weight is 509 g/mol. The average Bonchev–Trinajstić information content (AvgIpc) is 3.39. The van der Waals surface area contributed by atoms with Gasteiger partial charge in [0.05, 0.1) is 18.5 Å². The van der Waals surface area contributed by atoms with Crippen LogP contribution in [-0.4, -0.2) is 47.4 Å². The first-order chi connectivity index (χ1) is 17.1. The van der Waals surface area contributed by atoms with Crippen LogP contribution < -0.4 is 20.7 Å². The predicted molar refractivity (Wildman–Crippen MR) is 147 cm³/mol. The summed E-state index contributed by atoms with van der Waals surface area (Å²) in [5.41, 5.74) is 2.53. The Kier molecular flexibility index (Phi) is 8.25. The number of carbonyl (C=O) groups is 1. The number of aryl methyl sites for hydroxylation is 1. The van der Waals surface area contributed by atoms with Gasteiger partial charge in [0, 0.05) is 36.1 Å². The smallest absolute Gasteiger partial charge is 0.293 e. The molecule has 1 aliphatic carbocycles. The Bertz CT molecular complexity index is 1250. The number of rotatable bonds is 6. The maximum absolute atomic E-state index is 13.1. The number of carbonyl (C=O) groups excluding carboxylic acids is 1. The number of aromatic nitrogens is 2. The van der Waals surface area contributed by atoms with E-state index in [0.717, 1.165) is 66.7 Å². The zero-order valence-corrected chi connectivity index (χ0v) is 21.5. The van der Waals surface area contributed by atoms with E-state index in [-0.39, 0.29) is 36.2 Å². The van der Waals surface area contributed by atoms with Gasteiger partial charge in [-0.25, -0.2) is 9.97 Å². The molecule has 9 heteroatoms. The third kappa shape index (κ3) is 5.87. The molecule has 2 aromatic carbocycles. The normalized spacial score (nSPS) is 19.2. The number of aliphatic imine (C=N–C) groups is 1. The highest BCUT2D eigenvalue weighted by Gasteiger charge is 2.28. The van der Waals surface area contributed by atoms with Gasteiger partial charge in [-0.15, -0.1) is 12.4 Å². The van der Waals surface area contributed by atoms with E-state index in [1.807, 2.05) is 12.1 Å². The number of benzene rings is 2. The molecule has 0 saturated heterocycles. The number of anilines is 2. The molecule has 3 aromatic rings. The summed E-state index contributed by atoms with van der Waals surface area (Å²) in [6, 6.07) is 13.7. The maximum Gasteiger partial charge on any atom is 0.293 e. The monoisotopic (exact) mass is 508 g/mol. The number of amidine groups is 1.